The van der Waals surface area contributed by atoms with Crippen molar-refractivity contribution in [3.63, 3.8) is 0 Å². The quantitative estimate of drug-likeness (QED) is 0.580. The first-order valence-corrected chi connectivity index (χ1v) is 12.0. The van der Waals surface area contributed by atoms with Crippen LogP contribution in [0.5, 0.6) is 5.75 Å². The summed E-state index contributed by atoms with van der Waals surface area (Å²) in [5.41, 5.74) is 3.23. The molecule has 162 valence electrons. The van der Waals surface area contributed by atoms with E-state index < -0.39 is 27.8 Å². The number of allylic oxidation sites excluding steroid dienone is 1. The van der Waals surface area contributed by atoms with E-state index in [0.717, 1.165) is 27.5 Å². The molecule has 6 heteroatoms. The number of sulfone groups is 1. The van der Waals surface area contributed by atoms with E-state index >= 15 is 0 Å². The number of phenols is 1. The standard InChI is InChI=1S/C24H30O5S/c1-15(2)20-14-30(28,29)23(13-25)24(20)22(27)10-8-16(3)12-17-9-11-21(26)19-7-5-4-6-18(17)19/h4-7,9,11-12,15,22-23,25-27H,8,10,13-14H2,1-3H3/b16-12+/t22-,23+/m1/s1. The number of aliphatic hydroxyl groups excluding tert-OH is 2. The van der Waals surface area contributed by atoms with Gasteiger partial charge >= 0.3 is 0 Å². The summed E-state index contributed by atoms with van der Waals surface area (Å²) < 4.78 is 24.8. The molecule has 0 unspecified atom stereocenters. The van der Waals surface area contributed by atoms with Crippen LogP contribution in [-0.4, -0.2) is 47.5 Å². The van der Waals surface area contributed by atoms with Crippen LogP contribution in [0, 0.1) is 5.92 Å². The summed E-state index contributed by atoms with van der Waals surface area (Å²) in [4.78, 5) is 0. The van der Waals surface area contributed by atoms with Gasteiger partial charge in [-0.05, 0) is 53.8 Å². The molecule has 0 aliphatic carbocycles. The molecule has 3 N–H and O–H groups in total. The van der Waals surface area contributed by atoms with Crippen LogP contribution < -0.4 is 0 Å². The van der Waals surface area contributed by atoms with Gasteiger partial charge in [0.05, 0.1) is 18.5 Å². The molecule has 3 rings (SSSR count). The molecule has 0 saturated heterocycles. The summed E-state index contributed by atoms with van der Waals surface area (Å²) in [6, 6.07) is 11.2. The fourth-order valence-corrected chi connectivity index (χ4v) is 6.29. The number of fused-ring (bicyclic) bond motifs is 1. The maximum atomic E-state index is 12.4. The summed E-state index contributed by atoms with van der Waals surface area (Å²) in [6.07, 6.45) is 2.09. The van der Waals surface area contributed by atoms with Crippen molar-refractivity contribution >= 4 is 26.7 Å². The summed E-state index contributed by atoms with van der Waals surface area (Å²) in [7, 11) is -3.46. The number of benzene rings is 2. The highest BCUT2D eigenvalue weighted by atomic mass is 32.2. The Hall–Kier alpha value is -2.15. The number of phenolic OH excluding ortho intramolecular Hbond substituents is 1. The fourth-order valence-electron chi connectivity index (χ4n) is 4.23. The van der Waals surface area contributed by atoms with Crippen molar-refractivity contribution in [2.45, 2.75) is 45.0 Å². The van der Waals surface area contributed by atoms with Crippen LogP contribution in [0.4, 0.5) is 0 Å². The van der Waals surface area contributed by atoms with Gasteiger partial charge in [0, 0.05) is 5.39 Å². The second kappa shape index (κ2) is 8.92. The first kappa shape index (κ1) is 22.5. The second-order valence-corrected chi connectivity index (χ2v) is 10.6. The summed E-state index contributed by atoms with van der Waals surface area (Å²) in [6.45, 7) is 5.30. The van der Waals surface area contributed by atoms with E-state index in [2.05, 4.69) is 0 Å². The van der Waals surface area contributed by atoms with Crippen molar-refractivity contribution in [3.05, 3.63) is 58.7 Å². The van der Waals surface area contributed by atoms with Crippen LogP contribution in [0.25, 0.3) is 16.8 Å². The normalized spacial score (nSPS) is 20.3. The zero-order chi connectivity index (χ0) is 22.1. The molecule has 0 saturated carbocycles. The van der Waals surface area contributed by atoms with Crippen molar-refractivity contribution in [2.75, 3.05) is 12.4 Å². The van der Waals surface area contributed by atoms with Gasteiger partial charge in [0.25, 0.3) is 0 Å². The lowest BCUT2D eigenvalue weighted by molar-refractivity contribution is 0.188. The summed E-state index contributed by atoms with van der Waals surface area (Å²) in [5.74, 6) is 0.152. The molecule has 2 aromatic rings. The minimum absolute atomic E-state index is 0.000903. The molecular weight excluding hydrogens is 400 g/mol. The molecule has 0 aromatic heterocycles. The molecule has 0 bridgehead atoms. The Morgan fingerprint density at radius 2 is 1.83 bits per heavy atom. The van der Waals surface area contributed by atoms with Gasteiger partial charge < -0.3 is 15.3 Å². The summed E-state index contributed by atoms with van der Waals surface area (Å²) >= 11 is 0. The average molecular weight is 431 g/mol. The SMILES string of the molecule is C/C(=C\c1ccc(O)c2ccccc12)CC[C@@H](O)C1=C(C(C)C)CS(=O)(=O)[C@H]1CO. The Balaban J connectivity index is 1.81. The molecule has 0 radical (unpaired) electrons. The van der Waals surface area contributed by atoms with Crippen molar-refractivity contribution in [2.24, 2.45) is 5.92 Å². The van der Waals surface area contributed by atoms with E-state index in [9.17, 15) is 23.7 Å². The number of hydrogen-bond acceptors (Lipinski definition) is 5. The first-order valence-electron chi connectivity index (χ1n) is 10.3. The van der Waals surface area contributed by atoms with E-state index in [4.69, 9.17) is 0 Å². The minimum atomic E-state index is -3.46. The van der Waals surface area contributed by atoms with Crippen LogP contribution in [-0.2, 0) is 9.84 Å². The van der Waals surface area contributed by atoms with Gasteiger partial charge in [0.1, 0.15) is 11.0 Å². The second-order valence-electron chi connectivity index (χ2n) is 8.38. The van der Waals surface area contributed by atoms with Crippen LogP contribution in [0.1, 0.15) is 39.2 Å². The van der Waals surface area contributed by atoms with E-state index in [1.165, 1.54) is 0 Å². The molecular formula is C24H30O5S. The first-order chi connectivity index (χ1) is 14.2. The Morgan fingerprint density at radius 3 is 2.47 bits per heavy atom. The van der Waals surface area contributed by atoms with Gasteiger partial charge in [0.15, 0.2) is 9.84 Å². The zero-order valence-electron chi connectivity index (χ0n) is 17.7. The van der Waals surface area contributed by atoms with E-state index in [0.29, 0.717) is 18.4 Å². The zero-order valence-corrected chi connectivity index (χ0v) is 18.5. The van der Waals surface area contributed by atoms with Crippen molar-refractivity contribution in [3.8, 4) is 5.75 Å². The number of hydrogen-bond donors (Lipinski definition) is 3. The molecule has 0 fully saturated rings. The Morgan fingerprint density at radius 1 is 1.17 bits per heavy atom. The monoisotopic (exact) mass is 430 g/mol. The maximum absolute atomic E-state index is 12.4. The number of aromatic hydroxyl groups is 1. The van der Waals surface area contributed by atoms with Crippen LogP contribution in [0.15, 0.2) is 53.1 Å². The third kappa shape index (κ3) is 4.46. The van der Waals surface area contributed by atoms with Gasteiger partial charge in [-0.1, -0.05) is 55.8 Å². The lowest BCUT2D eigenvalue weighted by atomic mass is 9.90. The van der Waals surface area contributed by atoms with E-state index in [-0.39, 0.29) is 17.4 Å². The molecule has 2 atom stereocenters. The highest BCUT2D eigenvalue weighted by Gasteiger charge is 2.41. The van der Waals surface area contributed by atoms with Crippen molar-refractivity contribution < 1.29 is 23.7 Å². The molecule has 0 amide bonds. The third-order valence-corrected chi connectivity index (χ3v) is 7.86. The minimum Gasteiger partial charge on any atom is -0.507 e. The predicted molar refractivity (Wildman–Crippen MR) is 121 cm³/mol. The third-order valence-electron chi connectivity index (χ3n) is 5.88. The predicted octanol–water partition coefficient (Wildman–Crippen LogP) is 3.83. The largest absolute Gasteiger partial charge is 0.507 e. The highest BCUT2D eigenvalue weighted by molar-refractivity contribution is 7.92. The maximum Gasteiger partial charge on any atom is 0.163 e. The fraction of sp³-hybridized carbons (Fsp3) is 0.417. The van der Waals surface area contributed by atoms with Gasteiger partial charge in [-0.15, -0.1) is 0 Å². The molecule has 1 aliphatic heterocycles. The van der Waals surface area contributed by atoms with Crippen molar-refractivity contribution in [1.29, 1.82) is 0 Å². The lowest BCUT2D eigenvalue weighted by Crippen LogP contribution is -2.29. The summed E-state index contributed by atoms with van der Waals surface area (Å²) in [5, 5.41) is 31.3. The lowest BCUT2D eigenvalue weighted by Gasteiger charge is -2.20. The highest BCUT2D eigenvalue weighted by Crippen LogP contribution is 2.35. The van der Waals surface area contributed by atoms with E-state index in [1.807, 2.05) is 57.2 Å². The van der Waals surface area contributed by atoms with E-state index in [1.54, 1.807) is 6.07 Å². The van der Waals surface area contributed by atoms with Crippen LogP contribution in [0.3, 0.4) is 0 Å². The molecule has 30 heavy (non-hydrogen) atoms. The number of rotatable bonds is 7. The van der Waals surface area contributed by atoms with Gasteiger partial charge in [-0.25, -0.2) is 8.42 Å². The molecule has 2 aromatic carbocycles. The number of aliphatic hydroxyl groups is 2. The molecule has 1 aliphatic rings. The van der Waals surface area contributed by atoms with Crippen LogP contribution in [0.2, 0.25) is 0 Å². The van der Waals surface area contributed by atoms with Crippen molar-refractivity contribution in [1.82, 2.24) is 0 Å². The average Bonchev–Trinajstić information content (AvgIpc) is 2.99. The molecule has 1 heterocycles. The smallest absolute Gasteiger partial charge is 0.163 e. The Bertz CT molecular complexity index is 1100. The topological polar surface area (TPSA) is 94.8 Å². The van der Waals surface area contributed by atoms with Gasteiger partial charge in [-0.3, -0.25) is 0 Å². The Labute approximate surface area is 178 Å². The molecule has 0 spiro atoms. The van der Waals surface area contributed by atoms with Gasteiger partial charge in [0.2, 0.25) is 0 Å². The Kier molecular flexibility index (Phi) is 6.70. The van der Waals surface area contributed by atoms with Gasteiger partial charge in [-0.2, -0.15) is 0 Å². The van der Waals surface area contributed by atoms with Crippen LogP contribution >= 0.6 is 0 Å². The molecule has 5 nitrogen and oxygen atoms in total.